The fourth-order valence-corrected chi connectivity index (χ4v) is 13.3. The van der Waals surface area contributed by atoms with E-state index in [0.717, 1.165) is 95.8 Å². The zero-order valence-corrected chi connectivity index (χ0v) is 63.6. The van der Waals surface area contributed by atoms with Crippen molar-refractivity contribution in [2.24, 2.45) is 5.92 Å². The average Bonchev–Trinajstić information content (AvgIpc) is 1.81. The third-order valence-corrected chi connectivity index (χ3v) is 20.0. The first-order valence-electron chi connectivity index (χ1n) is 39.7. The van der Waals surface area contributed by atoms with E-state index >= 15 is 0 Å². The molecule has 6 atom stereocenters. The topological polar surface area (TPSA) is 237 Å². The van der Waals surface area contributed by atoms with Gasteiger partial charge in [-0.05, 0) is 31.6 Å². The molecule has 0 aliphatic rings. The van der Waals surface area contributed by atoms with Gasteiger partial charge >= 0.3 is 39.5 Å². The van der Waals surface area contributed by atoms with Crippen molar-refractivity contribution in [1.29, 1.82) is 0 Å². The molecule has 0 rings (SSSR count). The van der Waals surface area contributed by atoms with Crippen molar-refractivity contribution in [3.05, 3.63) is 0 Å². The number of unbranched alkanes of at least 4 members (excludes halogenated alkanes) is 47. The molecule has 95 heavy (non-hydrogen) atoms. The molecular weight excluding hydrogens is 1250 g/mol. The van der Waals surface area contributed by atoms with Gasteiger partial charge in [0.05, 0.1) is 26.4 Å². The second kappa shape index (κ2) is 69.2. The first-order valence-corrected chi connectivity index (χ1v) is 42.7. The van der Waals surface area contributed by atoms with E-state index in [0.29, 0.717) is 25.7 Å². The fourth-order valence-electron chi connectivity index (χ4n) is 11.7. The van der Waals surface area contributed by atoms with Gasteiger partial charge in [-0.25, -0.2) is 9.13 Å². The van der Waals surface area contributed by atoms with E-state index in [1.807, 2.05) is 0 Å². The summed E-state index contributed by atoms with van der Waals surface area (Å²) in [7, 11) is -9.90. The first kappa shape index (κ1) is 93.1. The Morgan fingerprint density at radius 1 is 0.295 bits per heavy atom. The van der Waals surface area contributed by atoms with Crippen LogP contribution >= 0.6 is 15.6 Å². The van der Waals surface area contributed by atoms with Crippen LogP contribution in [0.2, 0.25) is 0 Å². The lowest BCUT2D eigenvalue weighted by atomic mass is 10.00. The number of hydrogen-bond donors (Lipinski definition) is 3. The Kier molecular flexibility index (Phi) is 67.7. The van der Waals surface area contributed by atoms with Gasteiger partial charge in [0.25, 0.3) is 0 Å². The highest BCUT2D eigenvalue weighted by Crippen LogP contribution is 2.45. The zero-order valence-electron chi connectivity index (χ0n) is 61.8. The SMILES string of the molecule is CCCCCCCCCCCCCCCCCCCCCCCCC(=O)O[C@H](COC(=O)CCCCCCCCCCCCCCCC)COP(=O)(O)OC[C@@H](O)COP(=O)(O)OC[C@@H](COC(=O)CCCCCCCCCCC)OC(=O)CCCCCCCCC(C)CC. The summed E-state index contributed by atoms with van der Waals surface area (Å²) in [5.74, 6) is -1.40. The van der Waals surface area contributed by atoms with Crippen LogP contribution in [0.25, 0.3) is 0 Å². The van der Waals surface area contributed by atoms with Gasteiger partial charge in [-0.2, -0.15) is 0 Å². The Morgan fingerprint density at radius 2 is 0.505 bits per heavy atom. The molecule has 0 saturated carbocycles. The fraction of sp³-hybridized carbons (Fsp3) is 0.947. The predicted molar refractivity (Wildman–Crippen MR) is 386 cm³/mol. The van der Waals surface area contributed by atoms with E-state index in [1.165, 1.54) is 225 Å². The van der Waals surface area contributed by atoms with Crippen molar-refractivity contribution in [1.82, 2.24) is 0 Å². The van der Waals surface area contributed by atoms with Crippen LogP contribution in [0.3, 0.4) is 0 Å². The van der Waals surface area contributed by atoms with Crippen molar-refractivity contribution in [2.75, 3.05) is 39.6 Å². The molecule has 0 aliphatic carbocycles. The Balaban J connectivity index is 5.16. The summed E-state index contributed by atoms with van der Waals surface area (Å²) in [5.41, 5.74) is 0. The first-order chi connectivity index (χ1) is 46.1. The Labute approximate surface area is 581 Å². The van der Waals surface area contributed by atoms with Crippen LogP contribution in [0.4, 0.5) is 0 Å². The second-order valence-corrected chi connectivity index (χ2v) is 30.5. The highest BCUT2D eigenvalue weighted by molar-refractivity contribution is 7.47. The number of phosphoric ester groups is 2. The van der Waals surface area contributed by atoms with Gasteiger partial charge < -0.3 is 33.8 Å². The molecule has 0 fully saturated rings. The third kappa shape index (κ3) is 69.0. The van der Waals surface area contributed by atoms with Crippen LogP contribution < -0.4 is 0 Å². The van der Waals surface area contributed by atoms with Crippen molar-refractivity contribution < 1.29 is 80.2 Å². The van der Waals surface area contributed by atoms with Gasteiger partial charge in [-0.3, -0.25) is 37.3 Å². The standard InChI is InChI=1S/C76H148O17P2/c1-6-10-13-16-19-22-24-26-28-29-30-31-32-33-34-35-37-39-42-45-51-56-61-75(80)92-71(65-87-74(79)60-55-50-44-41-38-36-27-25-23-20-17-14-11-7-2)67-90-94(82,83)88-63-70(77)64-89-95(84,85)91-68-72(66-86-73(78)59-54-49-43-40-21-18-15-12-8-3)93-76(81)62-57-52-47-46-48-53-58-69(5)9-4/h69-72,77H,6-68H2,1-5H3,(H,82,83)(H,84,85)/t69?,70-,71-,72-/m1/s1. The Bertz CT molecular complexity index is 1820. The summed E-state index contributed by atoms with van der Waals surface area (Å²) in [6.07, 6.45) is 58.5. The number of aliphatic hydroxyl groups excluding tert-OH is 1. The molecule has 564 valence electrons. The number of carbonyl (C=O) groups excluding carboxylic acids is 4. The van der Waals surface area contributed by atoms with Gasteiger partial charge in [-0.15, -0.1) is 0 Å². The van der Waals surface area contributed by atoms with Crippen LogP contribution in [0.15, 0.2) is 0 Å². The van der Waals surface area contributed by atoms with E-state index in [4.69, 9.17) is 37.0 Å². The van der Waals surface area contributed by atoms with Crippen molar-refractivity contribution >= 4 is 39.5 Å². The number of rotatable bonds is 76. The Hall–Kier alpha value is -1.94. The molecule has 0 saturated heterocycles. The molecule has 0 aromatic carbocycles. The van der Waals surface area contributed by atoms with Crippen LogP contribution in [0.1, 0.15) is 401 Å². The second-order valence-electron chi connectivity index (χ2n) is 27.6. The van der Waals surface area contributed by atoms with Crippen molar-refractivity contribution in [3.8, 4) is 0 Å². The average molecular weight is 1400 g/mol. The summed E-state index contributed by atoms with van der Waals surface area (Å²) in [5, 5.41) is 10.6. The Morgan fingerprint density at radius 3 is 0.747 bits per heavy atom. The lowest BCUT2D eigenvalue weighted by Crippen LogP contribution is -2.30. The van der Waals surface area contributed by atoms with Crippen LogP contribution in [0.5, 0.6) is 0 Å². The zero-order chi connectivity index (χ0) is 69.8. The molecule has 17 nitrogen and oxygen atoms in total. The monoisotopic (exact) mass is 1400 g/mol. The van der Waals surface area contributed by atoms with E-state index in [1.54, 1.807) is 0 Å². The minimum Gasteiger partial charge on any atom is -0.462 e. The maximum absolute atomic E-state index is 13.1. The molecule has 0 bridgehead atoms. The number of esters is 4. The maximum atomic E-state index is 13.1. The molecule has 0 heterocycles. The van der Waals surface area contributed by atoms with Gasteiger partial charge in [0.2, 0.25) is 0 Å². The summed E-state index contributed by atoms with van der Waals surface area (Å²) in [6.45, 7) is 7.22. The number of phosphoric acid groups is 2. The summed E-state index contributed by atoms with van der Waals surface area (Å²) >= 11 is 0. The van der Waals surface area contributed by atoms with Gasteiger partial charge in [-0.1, -0.05) is 349 Å². The molecule has 3 unspecified atom stereocenters. The van der Waals surface area contributed by atoms with Crippen molar-refractivity contribution in [2.45, 2.75) is 419 Å². The molecule has 0 aliphatic heterocycles. The lowest BCUT2D eigenvalue weighted by molar-refractivity contribution is -0.161. The normalized spacial score (nSPS) is 14.2. The number of carbonyl (C=O) groups is 4. The van der Waals surface area contributed by atoms with Crippen LogP contribution in [-0.2, 0) is 65.4 Å². The number of ether oxygens (including phenoxy) is 4. The van der Waals surface area contributed by atoms with Gasteiger partial charge in [0.15, 0.2) is 12.2 Å². The highest BCUT2D eigenvalue weighted by Gasteiger charge is 2.30. The number of hydrogen-bond acceptors (Lipinski definition) is 15. The third-order valence-electron chi connectivity index (χ3n) is 18.1. The maximum Gasteiger partial charge on any atom is 0.472 e. The molecule has 0 radical (unpaired) electrons. The minimum absolute atomic E-state index is 0.103. The van der Waals surface area contributed by atoms with Crippen LogP contribution in [-0.4, -0.2) is 96.7 Å². The van der Waals surface area contributed by atoms with E-state index in [-0.39, 0.29) is 25.7 Å². The van der Waals surface area contributed by atoms with E-state index in [9.17, 15) is 43.2 Å². The molecule has 0 aromatic rings. The smallest absolute Gasteiger partial charge is 0.462 e. The molecule has 0 aromatic heterocycles. The summed E-state index contributed by atoms with van der Waals surface area (Å²) in [4.78, 5) is 72.7. The summed E-state index contributed by atoms with van der Waals surface area (Å²) in [6, 6.07) is 0. The number of aliphatic hydroxyl groups is 1. The molecule has 19 heteroatoms. The van der Waals surface area contributed by atoms with Crippen molar-refractivity contribution in [3.63, 3.8) is 0 Å². The quantitative estimate of drug-likeness (QED) is 0.0222. The molecular formula is C76H148O17P2. The van der Waals surface area contributed by atoms with Gasteiger partial charge in [0, 0.05) is 25.7 Å². The molecule has 3 N–H and O–H groups in total. The van der Waals surface area contributed by atoms with E-state index < -0.39 is 97.5 Å². The minimum atomic E-state index is -4.96. The van der Waals surface area contributed by atoms with Gasteiger partial charge in [0.1, 0.15) is 19.3 Å². The largest absolute Gasteiger partial charge is 0.472 e. The highest BCUT2D eigenvalue weighted by atomic mass is 31.2. The molecule has 0 spiro atoms. The summed E-state index contributed by atoms with van der Waals surface area (Å²) < 4.78 is 68.4. The predicted octanol–water partition coefficient (Wildman–Crippen LogP) is 22.5. The van der Waals surface area contributed by atoms with E-state index in [2.05, 4.69) is 34.6 Å². The van der Waals surface area contributed by atoms with Crippen LogP contribution in [0, 0.1) is 5.92 Å². The lowest BCUT2D eigenvalue weighted by Gasteiger charge is -2.21. The molecule has 0 amide bonds.